The average Bonchev–Trinajstić information content (AvgIpc) is 2.77. The minimum Gasteiger partial charge on any atom is -0.496 e. The molecule has 1 aromatic carbocycles. The monoisotopic (exact) mass is 403 g/mol. The van der Waals surface area contributed by atoms with Crippen molar-refractivity contribution in [3.63, 3.8) is 0 Å². The van der Waals surface area contributed by atoms with E-state index < -0.39 is 0 Å². The summed E-state index contributed by atoms with van der Waals surface area (Å²) in [6.45, 7) is 9.27. The smallest absolute Gasteiger partial charge is 0.194 e. The lowest BCUT2D eigenvalue weighted by atomic mass is 10.1. The van der Waals surface area contributed by atoms with Gasteiger partial charge in [0.15, 0.2) is 5.96 Å². The van der Waals surface area contributed by atoms with Crippen LogP contribution in [0.1, 0.15) is 50.2 Å². The molecule has 2 fully saturated rings. The summed E-state index contributed by atoms with van der Waals surface area (Å²) >= 11 is 0. The van der Waals surface area contributed by atoms with Crippen LogP contribution in [0.2, 0.25) is 0 Å². The Hall–Kier alpha value is -1.79. The highest BCUT2D eigenvalue weighted by atomic mass is 16.5. The molecule has 2 aliphatic rings. The molecule has 1 aromatic rings. The number of guanidine groups is 1. The van der Waals surface area contributed by atoms with Crippen LogP contribution in [-0.4, -0.2) is 63.0 Å². The zero-order chi connectivity index (χ0) is 20.5. The van der Waals surface area contributed by atoms with Gasteiger partial charge in [0.25, 0.3) is 0 Å². The van der Waals surface area contributed by atoms with Crippen LogP contribution >= 0.6 is 0 Å². The predicted molar refractivity (Wildman–Crippen MR) is 117 cm³/mol. The van der Waals surface area contributed by atoms with E-state index in [1.54, 1.807) is 7.11 Å². The van der Waals surface area contributed by atoms with E-state index in [9.17, 15) is 0 Å². The van der Waals surface area contributed by atoms with Crippen LogP contribution in [0.4, 0.5) is 0 Å². The van der Waals surface area contributed by atoms with Gasteiger partial charge in [-0.2, -0.15) is 0 Å². The van der Waals surface area contributed by atoms with Crippen molar-refractivity contribution in [2.45, 2.75) is 64.7 Å². The maximum absolute atomic E-state index is 6.15. The van der Waals surface area contributed by atoms with E-state index in [0.717, 1.165) is 74.9 Å². The maximum atomic E-state index is 6.15. The average molecular weight is 404 g/mol. The topological polar surface area (TPSA) is 55.3 Å². The fourth-order valence-electron chi connectivity index (χ4n) is 3.97. The highest BCUT2D eigenvalue weighted by Crippen LogP contribution is 2.20. The van der Waals surface area contributed by atoms with Crippen LogP contribution in [0.15, 0.2) is 23.2 Å². The molecule has 1 atom stereocenters. The van der Waals surface area contributed by atoms with Gasteiger partial charge >= 0.3 is 0 Å². The van der Waals surface area contributed by atoms with E-state index in [2.05, 4.69) is 42.3 Å². The van der Waals surface area contributed by atoms with Gasteiger partial charge in [-0.15, -0.1) is 0 Å². The third-order valence-corrected chi connectivity index (χ3v) is 5.75. The van der Waals surface area contributed by atoms with E-state index in [1.165, 1.54) is 12.8 Å². The lowest BCUT2D eigenvalue weighted by Gasteiger charge is -2.35. The first-order chi connectivity index (χ1) is 14.2. The Balaban J connectivity index is 1.50. The first-order valence-corrected chi connectivity index (χ1v) is 11.1. The number of ether oxygens (including phenoxy) is 3. The van der Waals surface area contributed by atoms with E-state index in [4.69, 9.17) is 19.2 Å². The third-order valence-electron chi connectivity index (χ3n) is 5.75. The van der Waals surface area contributed by atoms with Crippen LogP contribution < -0.4 is 10.1 Å². The first-order valence-electron chi connectivity index (χ1n) is 11.1. The van der Waals surface area contributed by atoms with Crippen molar-refractivity contribution in [3.8, 4) is 5.75 Å². The number of nitrogens with one attached hydrogen (secondary N) is 1. The lowest BCUT2D eigenvalue weighted by Crippen LogP contribution is -2.47. The van der Waals surface area contributed by atoms with Gasteiger partial charge in [-0.25, -0.2) is 4.99 Å². The second-order valence-electron chi connectivity index (χ2n) is 7.98. The van der Waals surface area contributed by atoms with E-state index in [-0.39, 0.29) is 0 Å². The van der Waals surface area contributed by atoms with Gasteiger partial charge in [0, 0.05) is 26.2 Å². The van der Waals surface area contributed by atoms with Gasteiger partial charge in [-0.05, 0) is 63.1 Å². The molecule has 0 radical (unpaired) electrons. The molecule has 1 N–H and O–H groups in total. The second kappa shape index (κ2) is 11.4. The number of benzene rings is 1. The summed E-state index contributed by atoms with van der Waals surface area (Å²) in [7, 11) is 1.71. The number of aryl methyl sites for hydroxylation is 1. The highest BCUT2D eigenvalue weighted by molar-refractivity contribution is 5.80. The van der Waals surface area contributed by atoms with E-state index in [1.807, 2.05) is 0 Å². The van der Waals surface area contributed by atoms with Crippen molar-refractivity contribution in [1.82, 2.24) is 10.2 Å². The molecule has 6 nitrogen and oxygen atoms in total. The molecular formula is C23H37N3O3. The van der Waals surface area contributed by atoms with Crippen LogP contribution in [-0.2, 0) is 16.0 Å². The zero-order valence-corrected chi connectivity index (χ0v) is 18.3. The van der Waals surface area contributed by atoms with Gasteiger partial charge in [0.1, 0.15) is 5.75 Å². The Kier molecular flexibility index (Phi) is 8.62. The number of nitrogens with zero attached hydrogens (tertiary/aromatic N) is 2. The number of hydrogen-bond acceptors (Lipinski definition) is 4. The summed E-state index contributed by atoms with van der Waals surface area (Å²) in [4.78, 5) is 7.23. The Morgan fingerprint density at radius 1 is 1.24 bits per heavy atom. The SMILES string of the molecule is CCNC(=NCc1ccc(C)c(OC)c1)N1CCC(OCC2CCCCO2)CC1. The largest absolute Gasteiger partial charge is 0.496 e. The van der Waals surface area contributed by atoms with Gasteiger partial charge in [0.05, 0.1) is 32.5 Å². The zero-order valence-electron chi connectivity index (χ0n) is 18.3. The maximum Gasteiger partial charge on any atom is 0.194 e. The Labute approximate surface area is 175 Å². The molecule has 0 aliphatic carbocycles. The molecule has 0 aromatic heterocycles. The van der Waals surface area contributed by atoms with Crippen LogP contribution in [0.25, 0.3) is 0 Å². The van der Waals surface area contributed by atoms with Crippen molar-refractivity contribution < 1.29 is 14.2 Å². The number of methoxy groups -OCH3 is 1. The normalized spacial score (nSPS) is 21.3. The molecule has 0 saturated carbocycles. The summed E-state index contributed by atoms with van der Waals surface area (Å²) in [5.74, 6) is 1.91. The molecule has 0 amide bonds. The van der Waals surface area contributed by atoms with Gasteiger partial charge in [-0.3, -0.25) is 0 Å². The number of hydrogen-bond donors (Lipinski definition) is 1. The summed E-state index contributed by atoms with van der Waals surface area (Å²) in [6.07, 6.45) is 6.30. The minimum absolute atomic E-state index is 0.298. The van der Waals surface area contributed by atoms with Crippen LogP contribution in [0.5, 0.6) is 5.75 Å². The molecular weight excluding hydrogens is 366 g/mol. The summed E-state index contributed by atoms with van der Waals surface area (Å²) in [5, 5.41) is 3.44. The standard InChI is InChI=1S/C23H37N3O3/c1-4-24-23(25-16-19-9-8-18(2)22(15-19)27-3)26-12-10-20(11-13-26)29-17-21-7-5-6-14-28-21/h8-9,15,20-21H,4-7,10-14,16-17H2,1-3H3,(H,24,25). The molecule has 0 bridgehead atoms. The molecule has 2 saturated heterocycles. The fourth-order valence-corrected chi connectivity index (χ4v) is 3.97. The molecule has 2 heterocycles. The Morgan fingerprint density at radius 2 is 2.07 bits per heavy atom. The molecule has 162 valence electrons. The van der Waals surface area contributed by atoms with Crippen molar-refractivity contribution in [1.29, 1.82) is 0 Å². The van der Waals surface area contributed by atoms with E-state index >= 15 is 0 Å². The quantitative estimate of drug-likeness (QED) is 0.558. The molecule has 3 rings (SSSR count). The number of rotatable bonds is 7. The Morgan fingerprint density at radius 3 is 2.76 bits per heavy atom. The Bertz CT molecular complexity index is 651. The minimum atomic E-state index is 0.298. The molecule has 0 spiro atoms. The number of piperidine rings is 1. The highest BCUT2D eigenvalue weighted by Gasteiger charge is 2.23. The van der Waals surface area contributed by atoms with Crippen molar-refractivity contribution >= 4 is 5.96 Å². The lowest BCUT2D eigenvalue weighted by molar-refractivity contribution is -0.0721. The first kappa shape index (κ1) is 21.9. The number of aliphatic imine (C=N–C) groups is 1. The van der Waals surface area contributed by atoms with Gasteiger partial charge in [-0.1, -0.05) is 12.1 Å². The molecule has 6 heteroatoms. The summed E-state index contributed by atoms with van der Waals surface area (Å²) < 4.78 is 17.4. The van der Waals surface area contributed by atoms with Gasteiger partial charge in [0.2, 0.25) is 0 Å². The van der Waals surface area contributed by atoms with E-state index in [0.29, 0.717) is 18.8 Å². The molecule has 1 unspecified atom stereocenters. The van der Waals surface area contributed by atoms with Crippen LogP contribution in [0, 0.1) is 6.92 Å². The summed E-state index contributed by atoms with van der Waals surface area (Å²) in [5.41, 5.74) is 2.31. The predicted octanol–water partition coefficient (Wildman–Crippen LogP) is 3.52. The second-order valence-corrected chi connectivity index (χ2v) is 7.98. The molecule has 29 heavy (non-hydrogen) atoms. The van der Waals surface area contributed by atoms with Gasteiger partial charge < -0.3 is 24.4 Å². The van der Waals surface area contributed by atoms with Crippen molar-refractivity contribution in [2.24, 2.45) is 4.99 Å². The van der Waals surface area contributed by atoms with Crippen molar-refractivity contribution in [2.75, 3.05) is 40.0 Å². The van der Waals surface area contributed by atoms with Crippen LogP contribution in [0.3, 0.4) is 0 Å². The number of likely N-dealkylation sites (tertiary alicyclic amines) is 1. The van der Waals surface area contributed by atoms with Crippen molar-refractivity contribution in [3.05, 3.63) is 29.3 Å². The molecule has 2 aliphatic heterocycles. The third kappa shape index (κ3) is 6.61. The fraction of sp³-hybridized carbons (Fsp3) is 0.696. The summed E-state index contributed by atoms with van der Waals surface area (Å²) in [6, 6.07) is 6.30.